The Morgan fingerprint density at radius 1 is 1.14 bits per heavy atom. The molecule has 0 bridgehead atoms. The Morgan fingerprint density at radius 2 is 1.89 bits per heavy atom. The summed E-state index contributed by atoms with van der Waals surface area (Å²) in [6, 6.07) is 11.0. The van der Waals surface area contributed by atoms with Crippen LogP contribution in [-0.4, -0.2) is 45.9 Å². The summed E-state index contributed by atoms with van der Waals surface area (Å²) in [4.78, 5) is 16.2. The van der Waals surface area contributed by atoms with E-state index >= 15 is 0 Å². The van der Waals surface area contributed by atoms with Crippen molar-refractivity contribution in [3.05, 3.63) is 57.5 Å². The second-order valence-corrected chi connectivity index (χ2v) is 8.63. The summed E-state index contributed by atoms with van der Waals surface area (Å²) in [5.74, 6) is -0.0802. The number of carbonyl (C=O) groups is 1. The molecule has 3 aromatic rings. The van der Waals surface area contributed by atoms with Crippen LogP contribution >= 0.6 is 34.5 Å². The number of hydrogen-bond acceptors (Lipinski definition) is 4. The van der Waals surface area contributed by atoms with Crippen molar-refractivity contribution in [2.45, 2.75) is 26.1 Å². The number of carbonyl (C=O) groups excluding carboxylic acids is 1. The van der Waals surface area contributed by atoms with Crippen molar-refractivity contribution in [1.29, 1.82) is 0 Å². The molecule has 4 rings (SSSR count). The minimum atomic E-state index is -0.0802. The second kappa shape index (κ2) is 7.87. The van der Waals surface area contributed by atoms with Crippen molar-refractivity contribution in [3.8, 4) is 16.3 Å². The Labute approximate surface area is 177 Å². The molecule has 1 aliphatic rings. The lowest BCUT2D eigenvalue weighted by molar-refractivity contribution is -0.0588. The number of nitrogens with zero attached hydrogens (tertiary/aromatic N) is 3. The zero-order chi connectivity index (χ0) is 19.8. The molecule has 2 unspecified atom stereocenters. The highest BCUT2D eigenvalue weighted by Crippen LogP contribution is 2.29. The second-order valence-electron chi connectivity index (χ2n) is 6.87. The minimum absolute atomic E-state index is 0.00851. The van der Waals surface area contributed by atoms with Crippen LogP contribution in [0.1, 0.15) is 24.3 Å². The first kappa shape index (κ1) is 19.5. The lowest BCUT2D eigenvalue weighted by Gasteiger charge is -2.35. The van der Waals surface area contributed by atoms with Crippen LogP contribution in [0.2, 0.25) is 10.0 Å². The summed E-state index contributed by atoms with van der Waals surface area (Å²) < 4.78 is 7.41. The van der Waals surface area contributed by atoms with Gasteiger partial charge in [-0.25, -0.2) is 4.68 Å². The maximum absolute atomic E-state index is 13.4. The SMILES string of the molecule is CC1CN(C(=O)c2cc(-c3cccs3)nn2-c2ccc(Cl)c(Cl)c2)CC(C)O1. The van der Waals surface area contributed by atoms with Crippen molar-refractivity contribution < 1.29 is 9.53 Å². The molecular weight excluding hydrogens is 417 g/mol. The number of aromatic nitrogens is 2. The summed E-state index contributed by atoms with van der Waals surface area (Å²) in [5.41, 5.74) is 1.93. The molecule has 2 atom stereocenters. The van der Waals surface area contributed by atoms with Gasteiger partial charge >= 0.3 is 0 Å². The first-order valence-corrected chi connectivity index (χ1v) is 10.6. The zero-order valence-electron chi connectivity index (χ0n) is 15.4. The van der Waals surface area contributed by atoms with E-state index < -0.39 is 0 Å². The van der Waals surface area contributed by atoms with Crippen LogP contribution in [0.25, 0.3) is 16.3 Å². The molecule has 0 N–H and O–H groups in total. The van der Waals surface area contributed by atoms with Gasteiger partial charge in [0.05, 0.1) is 32.8 Å². The van der Waals surface area contributed by atoms with Crippen molar-refractivity contribution >= 4 is 40.4 Å². The van der Waals surface area contributed by atoms with Crippen molar-refractivity contribution in [3.63, 3.8) is 0 Å². The fourth-order valence-corrected chi connectivity index (χ4v) is 4.37. The van der Waals surface area contributed by atoms with E-state index in [9.17, 15) is 4.79 Å². The molecule has 3 heterocycles. The number of amides is 1. The van der Waals surface area contributed by atoms with Gasteiger partial charge < -0.3 is 9.64 Å². The van der Waals surface area contributed by atoms with Gasteiger partial charge in [0.25, 0.3) is 5.91 Å². The number of benzene rings is 1. The topological polar surface area (TPSA) is 47.4 Å². The van der Waals surface area contributed by atoms with E-state index in [4.69, 9.17) is 33.0 Å². The number of halogens is 2. The fourth-order valence-electron chi connectivity index (χ4n) is 3.40. The number of morpholine rings is 1. The van der Waals surface area contributed by atoms with E-state index in [0.717, 1.165) is 10.6 Å². The Hall–Kier alpha value is -1.86. The van der Waals surface area contributed by atoms with Gasteiger partial charge in [0.1, 0.15) is 11.4 Å². The standard InChI is InChI=1S/C20H19Cl2N3O2S/c1-12-10-24(11-13(2)27-12)20(26)18-9-17(19-4-3-7-28-19)23-25(18)14-5-6-15(21)16(22)8-14/h3-9,12-13H,10-11H2,1-2H3. The molecule has 0 radical (unpaired) electrons. The van der Waals surface area contributed by atoms with E-state index in [0.29, 0.717) is 34.5 Å². The first-order valence-electron chi connectivity index (χ1n) is 8.96. The summed E-state index contributed by atoms with van der Waals surface area (Å²) in [7, 11) is 0. The molecule has 28 heavy (non-hydrogen) atoms. The third-order valence-electron chi connectivity index (χ3n) is 4.56. The van der Waals surface area contributed by atoms with Crippen LogP contribution in [-0.2, 0) is 4.74 Å². The lowest BCUT2D eigenvalue weighted by atomic mass is 10.2. The van der Waals surface area contributed by atoms with E-state index in [1.54, 1.807) is 34.2 Å². The quantitative estimate of drug-likeness (QED) is 0.570. The monoisotopic (exact) mass is 435 g/mol. The van der Waals surface area contributed by atoms with Gasteiger partial charge in [-0.1, -0.05) is 29.3 Å². The minimum Gasteiger partial charge on any atom is -0.372 e. The number of rotatable bonds is 3. The van der Waals surface area contributed by atoms with E-state index in [2.05, 4.69) is 0 Å². The normalized spacial score (nSPS) is 19.8. The van der Waals surface area contributed by atoms with Gasteiger partial charge in [0.2, 0.25) is 0 Å². The molecule has 0 saturated carbocycles. The van der Waals surface area contributed by atoms with Crippen LogP contribution in [0.3, 0.4) is 0 Å². The van der Waals surface area contributed by atoms with Gasteiger partial charge in [-0.2, -0.15) is 5.10 Å². The maximum Gasteiger partial charge on any atom is 0.272 e. The molecule has 1 aromatic carbocycles. The molecule has 0 spiro atoms. The Kier molecular flexibility index (Phi) is 5.47. The lowest BCUT2D eigenvalue weighted by Crippen LogP contribution is -2.48. The van der Waals surface area contributed by atoms with Gasteiger partial charge in [0, 0.05) is 13.1 Å². The zero-order valence-corrected chi connectivity index (χ0v) is 17.8. The van der Waals surface area contributed by atoms with Gasteiger partial charge in [-0.05, 0) is 49.6 Å². The predicted octanol–water partition coefficient (Wildman–Crippen LogP) is 5.16. The summed E-state index contributed by atoms with van der Waals surface area (Å²) in [6.07, 6.45) is -0.0170. The smallest absolute Gasteiger partial charge is 0.272 e. The maximum atomic E-state index is 13.4. The average molecular weight is 436 g/mol. The summed E-state index contributed by atoms with van der Waals surface area (Å²) in [6.45, 7) is 5.04. The molecule has 0 aliphatic carbocycles. The van der Waals surface area contributed by atoms with Gasteiger partial charge in [0.15, 0.2) is 0 Å². The Morgan fingerprint density at radius 3 is 2.54 bits per heavy atom. The van der Waals surface area contributed by atoms with Crippen LogP contribution in [0, 0.1) is 0 Å². The molecule has 8 heteroatoms. The molecule has 5 nitrogen and oxygen atoms in total. The highest BCUT2D eigenvalue weighted by Gasteiger charge is 2.29. The molecular formula is C20H19Cl2N3O2S. The Balaban J connectivity index is 1.78. The number of hydrogen-bond donors (Lipinski definition) is 0. The van der Waals surface area contributed by atoms with Gasteiger partial charge in [-0.15, -0.1) is 11.3 Å². The fraction of sp³-hybridized carbons (Fsp3) is 0.300. The van der Waals surface area contributed by atoms with Crippen LogP contribution in [0.15, 0.2) is 41.8 Å². The van der Waals surface area contributed by atoms with E-state index in [1.807, 2.05) is 42.3 Å². The third-order valence-corrected chi connectivity index (χ3v) is 6.19. The number of thiophene rings is 1. The van der Waals surface area contributed by atoms with Crippen LogP contribution < -0.4 is 0 Å². The molecule has 1 amide bonds. The van der Waals surface area contributed by atoms with Crippen molar-refractivity contribution in [1.82, 2.24) is 14.7 Å². The molecule has 146 valence electrons. The Bertz CT molecular complexity index is 993. The van der Waals surface area contributed by atoms with E-state index in [-0.39, 0.29) is 18.1 Å². The van der Waals surface area contributed by atoms with Gasteiger partial charge in [-0.3, -0.25) is 4.79 Å². The van der Waals surface area contributed by atoms with Crippen molar-refractivity contribution in [2.24, 2.45) is 0 Å². The summed E-state index contributed by atoms with van der Waals surface area (Å²) in [5, 5.41) is 7.55. The predicted molar refractivity (Wildman–Crippen MR) is 113 cm³/mol. The van der Waals surface area contributed by atoms with Crippen molar-refractivity contribution in [2.75, 3.05) is 13.1 Å². The van der Waals surface area contributed by atoms with Crippen LogP contribution in [0.5, 0.6) is 0 Å². The molecule has 1 saturated heterocycles. The first-order chi connectivity index (χ1) is 13.4. The molecule has 1 aliphatic heterocycles. The molecule has 1 fully saturated rings. The van der Waals surface area contributed by atoms with Crippen LogP contribution in [0.4, 0.5) is 0 Å². The number of ether oxygens (including phenoxy) is 1. The molecule has 2 aromatic heterocycles. The largest absolute Gasteiger partial charge is 0.372 e. The van der Waals surface area contributed by atoms with E-state index in [1.165, 1.54) is 0 Å². The summed E-state index contributed by atoms with van der Waals surface area (Å²) >= 11 is 13.8. The third kappa shape index (κ3) is 3.82. The average Bonchev–Trinajstić information content (AvgIpc) is 3.32. The highest BCUT2D eigenvalue weighted by molar-refractivity contribution is 7.13. The highest BCUT2D eigenvalue weighted by atomic mass is 35.5.